The Kier molecular flexibility index (Phi) is 2.93. The minimum Gasteiger partial charge on any atom is -0.871 e. The van der Waals surface area contributed by atoms with E-state index < -0.39 is 11.7 Å². The highest BCUT2D eigenvalue weighted by atomic mass is 16.5. The first-order valence-electron chi connectivity index (χ1n) is 3.88. The van der Waals surface area contributed by atoms with Crippen LogP contribution in [0.5, 0.6) is 5.75 Å². The van der Waals surface area contributed by atoms with E-state index in [1.165, 1.54) is 26.3 Å². The van der Waals surface area contributed by atoms with Crippen molar-refractivity contribution in [3.63, 3.8) is 0 Å². The van der Waals surface area contributed by atoms with Gasteiger partial charge in [-0.15, -0.1) is 0 Å². The van der Waals surface area contributed by atoms with Crippen molar-refractivity contribution in [2.45, 2.75) is 0 Å². The van der Waals surface area contributed by atoms with E-state index >= 15 is 0 Å². The van der Waals surface area contributed by atoms with Crippen LogP contribution in [0, 0.1) is 0 Å². The molecule has 0 spiro atoms. The van der Waals surface area contributed by atoms with Gasteiger partial charge in [-0.05, 0) is 12.1 Å². The van der Waals surface area contributed by atoms with Gasteiger partial charge in [-0.3, -0.25) is 10.3 Å². The van der Waals surface area contributed by atoms with Crippen LogP contribution < -0.4 is 10.2 Å². The largest absolute Gasteiger partial charge is 0.871 e. The third kappa shape index (κ3) is 1.94. The van der Waals surface area contributed by atoms with Crippen LogP contribution in [-0.4, -0.2) is 25.3 Å². The molecule has 14 heavy (non-hydrogen) atoms. The van der Waals surface area contributed by atoms with Gasteiger partial charge in [0.25, 0.3) is 0 Å². The molecule has 0 saturated carbocycles. The van der Waals surface area contributed by atoms with E-state index in [9.17, 15) is 9.90 Å². The molecular formula is C9H10NO4-. The average Bonchev–Trinajstić information content (AvgIpc) is 2.15. The van der Waals surface area contributed by atoms with Crippen LogP contribution in [0.3, 0.4) is 0 Å². The van der Waals surface area contributed by atoms with Gasteiger partial charge in [0.2, 0.25) is 0 Å². The molecule has 0 bridgehead atoms. The third-order valence-electron chi connectivity index (χ3n) is 1.73. The highest BCUT2D eigenvalue weighted by molar-refractivity contribution is 5.90. The predicted molar refractivity (Wildman–Crippen MR) is 47.4 cm³/mol. The zero-order valence-corrected chi connectivity index (χ0v) is 7.85. The molecule has 76 valence electrons. The number of hydroxylamine groups is 1. The number of carbonyl (C=O) groups is 1. The molecule has 5 heteroatoms. The number of carbonyl (C=O) groups excluding carboxylic acids is 1. The first-order chi connectivity index (χ1) is 6.56. The Balaban J connectivity index is 3.06. The lowest BCUT2D eigenvalue weighted by Crippen LogP contribution is -2.13. The zero-order valence-electron chi connectivity index (χ0n) is 7.85. The monoisotopic (exact) mass is 196 g/mol. The molecule has 1 N–H and O–H groups in total. The van der Waals surface area contributed by atoms with E-state index in [0.717, 1.165) is 6.07 Å². The highest BCUT2D eigenvalue weighted by Crippen LogP contribution is 2.23. The summed E-state index contributed by atoms with van der Waals surface area (Å²) < 4.78 is 4.44. The predicted octanol–water partition coefficient (Wildman–Crippen LogP) is 0.372. The first kappa shape index (κ1) is 10.3. The molecule has 0 radical (unpaired) electrons. The Morgan fingerprint density at radius 1 is 1.57 bits per heavy atom. The Hall–Kier alpha value is -1.75. The fourth-order valence-electron chi connectivity index (χ4n) is 1.03. The number of ether oxygens (including phenoxy) is 1. The van der Waals surface area contributed by atoms with Crippen LogP contribution in [0.15, 0.2) is 18.2 Å². The lowest BCUT2D eigenvalue weighted by molar-refractivity contribution is -0.267. The standard InChI is InChI=1S/C9H11NO4/c1-10(13)7-4-3-6(5-8(7)11)9(12)14-2/h3-5,11,13H,1-2H3/p-1. The number of esters is 1. The van der Waals surface area contributed by atoms with E-state index in [4.69, 9.17) is 5.21 Å². The van der Waals surface area contributed by atoms with Gasteiger partial charge in [-0.25, -0.2) is 4.79 Å². The number of rotatable bonds is 2. The minimum absolute atomic E-state index is 0.109. The number of methoxy groups -OCH3 is 1. The van der Waals surface area contributed by atoms with Crippen LogP contribution in [-0.2, 0) is 4.74 Å². The van der Waals surface area contributed by atoms with Crippen LogP contribution >= 0.6 is 0 Å². The summed E-state index contributed by atoms with van der Waals surface area (Å²) >= 11 is 0. The SMILES string of the molecule is COC(=O)c1ccc(N(C)O)c([O-])c1. The van der Waals surface area contributed by atoms with Gasteiger partial charge in [-0.2, -0.15) is 0 Å². The van der Waals surface area contributed by atoms with Crippen molar-refractivity contribution in [3.05, 3.63) is 23.8 Å². The topological polar surface area (TPSA) is 72.8 Å². The van der Waals surface area contributed by atoms with E-state index in [0.29, 0.717) is 5.06 Å². The van der Waals surface area contributed by atoms with Crippen molar-refractivity contribution in [2.75, 3.05) is 19.2 Å². The summed E-state index contributed by atoms with van der Waals surface area (Å²) in [5, 5.41) is 21.0. The molecule has 0 aliphatic rings. The number of hydrogen-bond donors (Lipinski definition) is 1. The van der Waals surface area contributed by atoms with Gasteiger partial charge in [0, 0.05) is 7.05 Å². The molecule has 0 aliphatic carbocycles. The van der Waals surface area contributed by atoms with Crippen molar-refractivity contribution >= 4 is 11.7 Å². The Bertz CT molecular complexity index is 349. The lowest BCUT2D eigenvalue weighted by atomic mass is 10.2. The number of benzene rings is 1. The molecule has 0 saturated heterocycles. The van der Waals surface area contributed by atoms with Crippen molar-refractivity contribution < 1.29 is 19.8 Å². The van der Waals surface area contributed by atoms with E-state index in [1.54, 1.807) is 0 Å². The lowest BCUT2D eigenvalue weighted by Gasteiger charge is -2.19. The quantitative estimate of drug-likeness (QED) is 0.546. The molecule has 1 aromatic carbocycles. The summed E-state index contributed by atoms with van der Waals surface area (Å²) in [5.74, 6) is -1.01. The fourth-order valence-corrected chi connectivity index (χ4v) is 1.03. The average molecular weight is 196 g/mol. The second-order valence-corrected chi connectivity index (χ2v) is 2.70. The van der Waals surface area contributed by atoms with Crippen molar-refractivity contribution in [2.24, 2.45) is 0 Å². The number of nitrogens with zero attached hydrogens (tertiary/aromatic N) is 1. The molecule has 1 rings (SSSR count). The molecule has 0 unspecified atom stereocenters. The summed E-state index contributed by atoms with van der Waals surface area (Å²) in [5.41, 5.74) is 0.278. The fraction of sp³-hybridized carbons (Fsp3) is 0.222. The Labute approximate surface area is 81.1 Å². The van der Waals surface area contributed by atoms with Gasteiger partial charge in [0.05, 0.1) is 18.4 Å². The molecular weight excluding hydrogens is 186 g/mol. The van der Waals surface area contributed by atoms with Gasteiger partial charge < -0.3 is 9.84 Å². The summed E-state index contributed by atoms with van der Waals surface area (Å²) in [6.45, 7) is 0. The van der Waals surface area contributed by atoms with Crippen molar-refractivity contribution in [1.29, 1.82) is 0 Å². The van der Waals surface area contributed by atoms with Crippen molar-refractivity contribution in [1.82, 2.24) is 0 Å². The Morgan fingerprint density at radius 2 is 2.21 bits per heavy atom. The highest BCUT2D eigenvalue weighted by Gasteiger charge is 2.06. The first-order valence-corrected chi connectivity index (χ1v) is 3.88. The maximum absolute atomic E-state index is 11.3. The summed E-state index contributed by atoms with van der Waals surface area (Å²) in [6.07, 6.45) is 0. The second-order valence-electron chi connectivity index (χ2n) is 2.70. The number of hydrogen-bond acceptors (Lipinski definition) is 5. The summed E-state index contributed by atoms with van der Waals surface area (Å²) in [7, 11) is 2.56. The molecule has 1 aromatic rings. The van der Waals surface area contributed by atoms with Crippen LogP contribution in [0.1, 0.15) is 10.4 Å². The molecule has 0 amide bonds. The van der Waals surface area contributed by atoms with Crippen LogP contribution in [0.4, 0.5) is 5.69 Å². The van der Waals surface area contributed by atoms with E-state index in [2.05, 4.69) is 4.74 Å². The minimum atomic E-state index is -0.575. The molecule has 0 aliphatic heterocycles. The molecule has 0 aromatic heterocycles. The molecule has 5 nitrogen and oxygen atoms in total. The maximum Gasteiger partial charge on any atom is 0.337 e. The van der Waals surface area contributed by atoms with Crippen LogP contribution in [0.2, 0.25) is 0 Å². The third-order valence-corrected chi connectivity index (χ3v) is 1.73. The maximum atomic E-state index is 11.3. The molecule has 0 heterocycles. The van der Waals surface area contributed by atoms with Gasteiger partial charge in [-0.1, -0.05) is 11.8 Å². The number of anilines is 1. The van der Waals surface area contributed by atoms with Crippen molar-refractivity contribution in [3.8, 4) is 5.75 Å². The smallest absolute Gasteiger partial charge is 0.337 e. The van der Waals surface area contributed by atoms with Gasteiger partial charge in [0.15, 0.2) is 0 Å². The summed E-state index contributed by atoms with van der Waals surface area (Å²) in [4.78, 5) is 11.0. The molecule has 0 fully saturated rings. The normalized spacial score (nSPS) is 9.64. The van der Waals surface area contributed by atoms with Crippen LogP contribution in [0.25, 0.3) is 0 Å². The van der Waals surface area contributed by atoms with Gasteiger partial charge >= 0.3 is 5.97 Å². The second kappa shape index (κ2) is 3.97. The zero-order chi connectivity index (χ0) is 10.7. The molecule has 0 atom stereocenters. The summed E-state index contributed by atoms with van der Waals surface area (Å²) in [6, 6.07) is 3.89. The van der Waals surface area contributed by atoms with E-state index in [1.807, 2.05) is 0 Å². The Morgan fingerprint density at radius 3 is 2.64 bits per heavy atom. The van der Waals surface area contributed by atoms with Gasteiger partial charge in [0.1, 0.15) is 0 Å². The van der Waals surface area contributed by atoms with E-state index in [-0.39, 0.29) is 11.3 Å².